The van der Waals surface area contributed by atoms with Crippen molar-refractivity contribution in [3.63, 3.8) is 0 Å². The molecule has 0 spiro atoms. The minimum Gasteiger partial charge on any atom is -0.466 e. The van der Waals surface area contributed by atoms with E-state index in [1.165, 1.54) is 6.07 Å². The van der Waals surface area contributed by atoms with Crippen LogP contribution in [0.3, 0.4) is 0 Å². The van der Waals surface area contributed by atoms with Crippen molar-refractivity contribution in [2.45, 2.75) is 37.6 Å². The number of hydrogen-bond donors (Lipinski definition) is 0. The van der Waals surface area contributed by atoms with Gasteiger partial charge in [-0.3, -0.25) is 9.59 Å². The van der Waals surface area contributed by atoms with Crippen molar-refractivity contribution in [3.8, 4) is 0 Å². The third kappa shape index (κ3) is 7.16. The number of piperidine rings is 1. The van der Waals surface area contributed by atoms with Gasteiger partial charge in [-0.1, -0.05) is 36.0 Å². The molecule has 2 saturated heterocycles. The molecule has 0 radical (unpaired) electrons. The highest BCUT2D eigenvalue weighted by atomic mass is 32.2. The Morgan fingerprint density at radius 3 is 2.41 bits per heavy atom. The van der Waals surface area contributed by atoms with Crippen molar-refractivity contribution in [2.75, 3.05) is 55.7 Å². The van der Waals surface area contributed by atoms with Gasteiger partial charge in [-0.15, -0.1) is 0 Å². The van der Waals surface area contributed by atoms with Gasteiger partial charge in [0.2, 0.25) is 0 Å². The Balaban J connectivity index is 1.17. The minimum atomic E-state index is -0.193. The lowest BCUT2D eigenvalue weighted by Gasteiger charge is -2.37. The molecule has 41 heavy (non-hydrogen) atoms. The molecule has 2 aromatic carbocycles. The van der Waals surface area contributed by atoms with Crippen LogP contribution in [-0.4, -0.2) is 72.6 Å². The van der Waals surface area contributed by atoms with Crippen LogP contribution in [0.5, 0.6) is 0 Å². The fourth-order valence-electron chi connectivity index (χ4n) is 5.34. The maximum absolute atomic E-state index is 14.2. The van der Waals surface area contributed by atoms with Crippen LogP contribution >= 0.6 is 11.8 Å². The lowest BCUT2D eigenvalue weighted by Crippen LogP contribution is -2.47. The monoisotopic (exact) mass is 577 g/mol. The first kappa shape index (κ1) is 28.9. The van der Waals surface area contributed by atoms with Gasteiger partial charge in [0.25, 0.3) is 5.91 Å². The number of likely N-dealkylation sites (tertiary alicyclic amines) is 1. The van der Waals surface area contributed by atoms with E-state index >= 15 is 0 Å². The summed E-state index contributed by atoms with van der Waals surface area (Å²) in [4.78, 5) is 40.8. The van der Waals surface area contributed by atoms with Crippen LogP contribution in [-0.2, 0) is 15.3 Å². The molecule has 0 aliphatic carbocycles. The van der Waals surface area contributed by atoms with Gasteiger partial charge in [-0.25, -0.2) is 14.4 Å². The van der Waals surface area contributed by atoms with Crippen LogP contribution in [0, 0.1) is 18.7 Å². The van der Waals surface area contributed by atoms with E-state index in [0.29, 0.717) is 67.8 Å². The zero-order valence-corrected chi connectivity index (χ0v) is 24.4. The number of halogens is 1. The smallest absolute Gasteiger partial charge is 0.309 e. The van der Waals surface area contributed by atoms with Gasteiger partial charge in [-0.05, 0) is 56.5 Å². The van der Waals surface area contributed by atoms with E-state index in [1.807, 2.05) is 61.2 Å². The summed E-state index contributed by atoms with van der Waals surface area (Å²) in [5, 5.41) is 0.689. The Bertz CT molecular complexity index is 1370. The Hall–Kier alpha value is -3.66. The molecule has 2 fully saturated rings. The number of thioether (sulfide) groups is 1. The first-order chi connectivity index (χ1) is 19.9. The van der Waals surface area contributed by atoms with E-state index in [2.05, 4.69) is 14.8 Å². The average Bonchev–Trinajstić information content (AvgIpc) is 3.00. The van der Waals surface area contributed by atoms with Crippen molar-refractivity contribution in [1.29, 1.82) is 0 Å². The number of carbonyl (C=O) groups is 2. The zero-order chi connectivity index (χ0) is 28.8. The summed E-state index contributed by atoms with van der Waals surface area (Å²) >= 11 is 1.54. The van der Waals surface area contributed by atoms with Gasteiger partial charge in [-0.2, -0.15) is 0 Å². The highest BCUT2D eigenvalue weighted by Gasteiger charge is 2.29. The molecule has 2 aliphatic heterocycles. The quantitative estimate of drug-likeness (QED) is 0.211. The van der Waals surface area contributed by atoms with E-state index in [4.69, 9.17) is 9.72 Å². The summed E-state index contributed by atoms with van der Waals surface area (Å²) in [6, 6.07) is 16.6. The predicted octanol–water partition coefficient (Wildman–Crippen LogP) is 4.96. The first-order valence-electron chi connectivity index (χ1n) is 14.2. The third-order valence-electron chi connectivity index (χ3n) is 7.56. The van der Waals surface area contributed by atoms with Crippen molar-refractivity contribution < 1.29 is 18.7 Å². The summed E-state index contributed by atoms with van der Waals surface area (Å²) in [6.45, 7) is 8.18. The van der Waals surface area contributed by atoms with E-state index in [9.17, 15) is 14.0 Å². The second-order valence-electron chi connectivity index (χ2n) is 10.4. The number of esters is 1. The average molecular weight is 578 g/mol. The predicted molar refractivity (Wildman–Crippen MR) is 159 cm³/mol. The Morgan fingerprint density at radius 1 is 0.951 bits per heavy atom. The molecule has 0 atom stereocenters. The van der Waals surface area contributed by atoms with Crippen LogP contribution in [0.2, 0.25) is 0 Å². The molecule has 0 N–H and O–H groups in total. The maximum atomic E-state index is 14.2. The number of ether oxygens (including phenoxy) is 1. The number of rotatable bonds is 8. The molecule has 3 aromatic rings. The van der Waals surface area contributed by atoms with Gasteiger partial charge >= 0.3 is 5.97 Å². The van der Waals surface area contributed by atoms with Gasteiger partial charge in [0.1, 0.15) is 11.6 Å². The van der Waals surface area contributed by atoms with E-state index in [0.717, 1.165) is 30.2 Å². The number of piperazine rings is 1. The molecule has 1 aromatic heterocycles. The van der Waals surface area contributed by atoms with Gasteiger partial charge in [0.15, 0.2) is 5.16 Å². The molecule has 5 rings (SSSR count). The first-order valence-corrected chi connectivity index (χ1v) is 15.2. The normalized spacial score (nSPS) is 16.1. The minimum absolute atomic E-state index is 0.0113. The van der Waals surface area contributed by atoms with Crippen molar-refractivity contribution in [2.24, 2.45) is 5.92 Å². The lowest BCUT2D eigenvalue weighted by atomic mass is 9.96. The number of carbonyl (C=O) groups excluding carboxylic acids is 2. The third-order valence-corrected chi connectivity index (χ3v) is 8.48. The summed E-state index contributed by atoms with van der Waals surface area (Å²) in [5.41, 5.74) is 3.21. The fraction of sp³-hybridized carbons (Fsp3) is 0.419. The molecule has 10 heteroatoms. The zero-order valence-electron chi connectivity index (χ0n) is 23.6. The molecule has 0 unspecified atom stereocenters. The van der Waals surface area contributed by atoms with Crippen LogP contribution in [0.15, 0.2) is 59.8 Å². The summed E-state index contributed by atoms with van der Waals surface area (Å²) < 4.78 is 19.4. The van der Waals surface area contributed by atoms with Crippen LogP contribution in [0.4, 0.5) is 15.9 Å². The van der Waals surface area contributed by atoms with E-state index in [-0.39, 0.29) is 23.6 Å². The Labute approximate surface area is 244 Å². The maximum Gasteiger partial charge on any atom is 0.309 e. The van der Waals surface area contributed by atoms with E-state index in [1.54, 1.807) is 17.8 Å². The van der Waals surface area contributed by atoms with Crippen molar-refractivity contribution in [1.82, 2.24) is 14.9 Å². The molecular weight excluding hydrogens is 541 g/mol. The fourth-order valence-corrected chi connectivity index (χ4v) is 6.18. The number of aromatic nitrogens is 2. The topological polar surface area (TPSA) is 78.9 Å². The second kappa shape index (κ2) is 13.3. The lowest BCUT2D eigenvalue weighted by molar-refractivity contribution is -0.149. The molecular formula is C31H36FN5O3S. The Morgan fingerprint density at radius 2 is 1.68 bits per heavy atom. The summed E-state index contributed by atoms with van der Waals surface area (Å²) in [6.07, 6.45) is 1.26. The number of amides is 1. The van der Waals surface area contributed by atoms with Crippen LogP contribution in [0.25, 0.3) is 0 Å². The van der Waals surface area contributed by atoms with Gasteiger partial charge in [0.05, 0.1) is 18.2 Å². The van der Waals surface area contributed by atoms with Crippen molar-refractivity contribution >= 4 is 35.1 Å². The molecule has 1 amide bonds. The van der Waals surface area contributed by atoms with E-state index < -0.39 is 0 Å². The molecule has 216 valence electrons. The second-order valence-corrected chi connectivity index (χ2v) is 11.3. The van der Waals surface area contributed by atoms with Crippen LogP contribution < -0.4 is 9.80 Å². The summed E-state index contributed by atoms with van der Waals surface area (Å²) in [5.74, 6) is 1.02. The van der Waals surface area contributed by atoms with Gasteiger partial charge in [0, 0.05) is 62.3 Å². The molecule has 0 saturated carbocycles. The molecule has 8 nitrogen and oxygen atoms in total. The number of anilines is 2. The SMILES string of the molecule is CCOC(=O)C1CCN(C(=O)c2cccc(CSc3nc(C)cc(N4CCN(c5ccccc5F)CC4)n3)c2)CC1. The number of hydrogen-bond acceptors (Lipinski definition) is 8. The highest BCUT2D eigenvalue weighted by molar-refractivity contribution is 7.98. The number of nitrogens with zero attached hydrogens (tertiary/aromatic N) is 5. The Kier molecular flexibility index (Phi) is 9.38. The molecule has 3 heterocycles. The summed E-state index contributed by atoms with van der Waals surface area (Å²) in [7, 11) is 0. The number of aryl methyl sites for hydroxylation is 1. The molecule has 2 aliphatic rings. The van der Waals surface area contributed by atoms with Crippen molar-refractivity contribution in [3.05, 3.63) is 77.2 Å². The highest BCUT2D eigenvalue weighted by Crippen LogP contribution is 2.26. The van der Waals surface area contributed by atoms with Gasteiger partial charge < -0.3 is 19.4 Å². The number of benzene rings is 2. The standard InChI is InChI=1S/C31H36FN5O3S/c1-3-40-30(39)24-11-13-37(14-12-24)29(38)25-8-6-7-23(20-25)21-41-31-33-22(2)19-28(34-31)36-17-15-35(16-18-36)27-10-5-4-9-26(27)32/h4-10,19-20,24H,3,11-18,21H2,1-2H3. The molecule has 0 bridgehead atoms. The van der Waals surface area contributed by atoms with Crippen LogP contribution in [0.1, 0.15) is 41.4 Å². The number of para-hydroxylation sites is 1. The largest absolute Gasteiger partial charge is 0.466 e.